The zero-order valence-electron chi connectivity index (χ0n) is 17.9. The van der Waals surface area contributed by atoms with E-state index < -0.39 is 36.2 Å². The molecule has 3 atom stereocenters. The Morgan fingerprint density at radius 1 is 1.06 bits per heavy atom. The Bertz CT molecular complexity index is 995. The first-order chi connectivity index (χ1) is 16.0. The van der Waals surface area contributed by atoms with Crippen molar-refractivity contribution in [2.24, 2.45) is 0 Å². The molecule has 1 saturated heterocycles. The van der Waals surface area contributed by atoms with Crippen LogP contribution in [0.25, 0.3) is 11.1 Å². The molecule has 0 aromatic heterocycles. The number of benzene rings is 2. The minimum Gasteiger partial charge on any atom is -0.480 e. The lowest BCUT2D eigenvalue weighted by atomic mass is 9.98. The van der Waals surface area contributed by atoms with Gasteiger partial charge in [0.05, 0.1) is 6.04 Å². The van der Waals surface area contributed by atoms with Crippen LogP contribution >= 0.6 is 0 Å². The summed E-state index contributed by atoms with van der Waals surface area (Å²) in [4.78, 5) is 36.3. The highest BCUT2D eigenvalue weighted by molar-refractivity contribution is 5.87. The van der Waals surface area contributed by atoms with E-state index in [1.807, 2.05) is 36.4 Å². The van der Waals surface area contributed by atoms with Crippen LogP contribution < -0.4 is 10.6 Å². The fourth-order valence-electron chi connectivity index (χ4n) is 4.43. The lowest BCUT2D eigenvalue weighted by Gasteiger charge is -2.22. The summed E-state index contributed by atoms with van der Waals surface area (Å²) in [5.41, 5.74) is 4.44. The van der Waals surface area contributed by atoms with Crippen molar-refractivity contribution in [1.29, 1.82) is 0 Å². The molecule has 33 heavy (non-hydrogen) atoms. The predicted molar refractivity (Wildman–Crippen MR) is 118 cm³/mol. The maximum atomic E-state index is 12.5. The zero-order valence-corrected chi connectivity index (χ0v) is 17.9. The predicted octanol–water partition coefficient (Wildman–Crippen LogP) is 1.63. The van der Waals surface area contributed by atoms with Crippen molar-refractivity contribution in [3.63, 3.8) is 0 Å². The Kier molecular flexibility index (Phi) is 6.90. The summed E-state index contributed by atoms with van der Waals surface area (Å²) in [6.07, 6.45) is -1.44. The molecule has 4 N–H and O–H groups in total. The Hall–Kier alpha value is -3.43. The molecule has 2 aliphatic rings. The molecule has 1 aliphatic carbocycles. The van der Waals surface area contributed by atoms with Gasteiger partial charge >= 0.3 is 12.1 Å². The van der Waals surface area contributed by atoms with Gasteiger partial charge < -0.3 is 30.3 Å². The number of carbonyl (C=O) groups excluding carboxylic acids is 2. The zero-order chi connectivity index (χ0) is 23.4. The summed E-state index contributed by atoms with van der Waals surface area (Å²) in [6, 6.07) is 14.1. The monoisotopic (exact) mass is 454 g/mol. The van der Waals surface area contributed by atoms with Gasteiger partial charge in [-0.2, -0.15) is 0 Å². The number of amides is 2. The number of aliphatic carboxylic acids is 1. The number of hydrogen-bond acceptors (Lipinski definition) is 6. The molecule has 1 aliphatic heterocycles. The largest absolute Gasteiger partial charge is 0.480 e. The van der Waals surface area contributed by atoms with E-state index in [0.717, 1.165) is 22.3 Å². The number of nitrogens with one attached hydrogen (secondary N) is 2. The molecule has 0 spiro atoms. The second-order valence-electron chi connectivity index (χ2n) is 8.07. The van der Waals surface area contributed by atoms with Crippen LogP contribution in [0.15, 0.2) is 48.5 Å². The molecule has 0 unspecified atom stereocenters. The normalized spacial score (nSPS) is 19.9. The van der Waals surface area contributed by atoms with Crippen LogP contribution in [0.5, 0.6) is 0 Å². The summed E-state index contributed by atoms with van der Waals surface area (Å²) in [7, 11) is 0. The van der Waals surface area contributed by atoms with E-state index in [4.69, 9.17) is 19.7 Å². The first kappa shape index (κ1) is 22.8. The highest BCUT2D eigenvalue weighted by Crippen LogP contribution is 2.44. The maximum absolute atomic E-state index is 12.5. The standard InChI is InChI=1S/C24H26N2O7/c27-11-9-20(23(29)30)25-22(28)21-19(10-12-32-21)26-24(31)33-13-18-16-7-3-1-5-14(16)15-6-2-4-8-17(15)18/h1-8,18-21,27H,9-13H2,(H,25,28)(H,26,31)(H,29,30)/t19-,20-,21+/m1/s1. The number of hydrogen-bond donors (Lipinski definition) is 4. The van der Waals surface area contributed by atoms with Crippen LogP contribution in [-0.4, -0.2) is 66.2 Å². The lowest BCUT2D eigenvalue weighted by molar-refractivity contribution is -0.144. The molecule has 0 bridgehead atoms. The van der Waals surface area contributed by atoms with Gasteiger partial charge in [-0.3, -0.25) is 4.79 Å². The highest BCUT2D eigenvalue weighted by Gasteiger charge is 2.37. The number of alkyl carbamates (subject to hydrolysis) is 1. The first-order valence-electron chi connectivity index (χ1n) is 10.9. The fraction of sp³-hybridized carbons (Fsp3) is 0.375. The number of fused-ring (bicyclic) bond motifs is 3. The third-order valence-corrected chi connectivity index (χ3v) is 6.03. The molecule has 9 heteroatoms. The van der Waals surface area contributed by atoms with Gasteiger partial charge in [0, 0.05) is 25.6 Å². The van der Waals surface area contributed by atoms with E-state index >= 15 is 0 Å². The molecule has 2 aromatic carbocycles. The molecule has 0 saturated carbocycles. The Labute approximate surface area is 190 Å². The smallest absolute Gasteiger partial charge is 0.407 e. The van der Waals surface area contributed by atoms with E-state index in [2.05, 4.69) is 22.8 Å². The van der Waals surface area contributed by atoms with Gasteiger partial charge in [0.25, 0.3) is 5.91 Å². The van der Waals surface area contributed by atoms with Crippen molar-refractivity contribution in [3.05, 3.63) is 59.7 Å². The molecule has 1 heterocycles. The second-order valence-corrected chi connectivity index (χ2v) is 8.07. The average Bonchev–Trinajstić information content (AvgIpc) is 3.40. The van der Waals surface area contributed by atoms with Gasteiger partial charge in [0.2, 0.25) is 0 Å². The van der Waals surface area contributed by atoms with Crippen LogP contribution in [-0.2, 0) is 19.1 Å². The van der Waals surface area contributed by atoms with E-state index in [0.29, 0.717) is 6.42 Å². The van der Waals surface area contributed by atoms with Crippen molar-refractivity contribution in [3.8, 4) is 11.1 Å². The average molecular weight is 454 g/mol. The fourth-order valence-corrected chi connectivity index (χ4v) is 4.43. The molecule has 2 aromatic rings. The Morgan fingerprint density at radius 3 is 2.30 bits per heavy atom. The van der Waals surface area contributed by atoms with Gasteiger partial charge in [0.15, 0.2) is 6.10 Å². The van der Waals surface area contributed by atoms with Crippen molar-refractivity contribution >= 4 is 18.0 Å². The number of rotatable bonds is 8. The van der Waals surface area contributed by atoms with Gasteiger partial charge in [-0.1, -0.05) is 48.5 Å². The molecular formula is C24H26N2O7. The van der Waals surface area contributed by atoms with Gasteiger partial charge in [-0.15, -0.1) is 0 Å². The Balaban J connectivity index is 1.36. The molecular weight excluding hydrogens is 428 g/mol. The van der Waals surface area contributed by atoms with Crippen LogP contribution in [0.2, 0.25) is 0 Å². The molecule has 9 nitrogen and oxygen atoms in total. The molecule has 2 amide bonds. The van der Waals surface area contributed by atoms with Gasteiger partial charge in [0.1, 0.15) is 12.6 Å². The maximum Gasteiger partial charge on any atom is 0.407 e. The lowest BCUT2D eigenvalue weighted by Crippen LogP contribution is -2.52. The summed E-state index contributed by atoms with van der Waals surface area (Å²) >= 11 is 0. The molecule has 1 fully saturated rings. The van der Waals surface area contributed by atoms with Crippen LogP contribution in [0, 0.1) is 0 Å². The SMILES string of the molecule is O=C(N[C@@H]1CCO[C@@H]1C(=O)N[C@H](CCO)C(=O)O)OCC1c2ccccc2-c2ccccc21. The van der Waals surface area contributed by atoms with Crippen molar-refractivity contribution < 1.29 is 34.1 Å². The van der Waals surface area contributed by atoms with Crippen LogP contribution in [0.4, 0.5) is 4.79 Å². The van der Waals surface area contributed by atoms with Crippen molar-refractivity contribution in [2.45, 2.75) is 36.9 Å². The highest BCUT2D eigenvalue weighted by atomic mass is 16.6. The number of ether oxygens (including phenoxy) is 2. The third kappa shape index (κ3) is 4.84. The number of carboxylic acids is 1. The van der Waals surface area contributed by atoms with Crippen LogP contribution in [0.3, 0.4) is 0 Å². The molecule has 174 valence electrons. The minimum absolute atomic E-state index is 0.0862. The number of aliphatic hydroxyl groups is 1. The summed E-state index contributed by atoms with van der Waals surface area (Å²) in [5, 5.41) is 23.2. The van der Waals surface area contributed by atoms with E-state index in [-0.39, 0.29) is 32.2 Å². The Morgan fingerprint density at radius 2 is 1.70 bits per heavy atom. The van der Waals surface area contributed by atoms with Crippen molar-refractivity contribution in [1.82, 2.24) is 10.6 Å². The molecule has 4 rings (SSSR count). The summed E-state index contributed by atoms with van der Waals surface area (Å²) < 4.78 is 10.9. The topological polar surface area (TPSA) is 134 Å². The van der Waals surface area contributed by atoms with Gasteiger partial charge in [-0.25, -0.2) is 9.59 Å². The number of aliphatic hydroxyl groups excluding tert-OH is 1. The second kappa shape index (κ2) is 10.0. The van der Waals surface area contributed by atoms with Gasteiger partial charge in [-0.05, 0) is 28.7 Å². The first-order valence-corrected chi connectivity index (χ1v) is 10.9. The van der Waals surface area contributed by atoms with E-state index in [1.54, 1.807) is 0 Å². The van der Waals surface area contributed by atoms with E-state index in [9.17, 15) is 14.4 Å². The summed E-state index contributed by atoms with van der Waals surface area (Å²) in [6.45, 7) is -0.00374. The van der Waals surface area contributed by atoms with Crippen molar-refractivity contribution in [2.75, 3.05) is 19.8 Å². The molecule has 0 radical (unpaired) electrons. The number of carboxylic acid groups (broad SMARTS) is 1. The summed E-state index contributed by atoms with van der Waals surface area (Å²) in [5.74, 6) is -1.99. The number of carbonyl (C=O) groups is 3. The van der Waals surface area contributed by atoms with E-state index in [1.165, 1.54) is 0 Å². The van der Waals surface area contributed by atoms with Crippen LogP contribution in [0.1, 0.15) is 29.9 Å². The quantitative estimate of drug-likeness (QED) is 0.476. The third-order valence-electron chi connectivity index (χ3n) is 6.03. The minimum atomic E-state index is -1.25.